The van der Waals surface area contributed by atoms with Crippen molar-refractivity contribution in [3.05, 3.63) is 144 Å². The van der Waals surface area contributed by atoms with Crippen LogP contribution in [0.15, 0.2) is 126 Å². The maximum absolute atomic E-state index is 11.2. The summed E-state index contributed by atoms with van der Waals surface area (Å²) >= 11 is 0. The molecule has 0 radical (unpaired) electrons. The Morgan fingerprint density at radius 3 is 2.00 bits per heavy atom. The molecule has 4 aromatic carbocycles. The van der Waals surface area contributed by atoms with Crippen LogP contribution in [0, 0.1) is 0 Å². The van der Waals surface area contributed by atoms with Crippen LogP contribution in [-0.2, 0) is 12.1 Å². The molecule has 198 valence electrons. The Bertz CT molecular complexity index is 1390. The average molecular weight is 517 g/mol. The Morgan fingerprint density at radius 2 is 1.46 bits per heavy atom. The molecule has 1 aliphatic rings. The summed E-state index contributed by atoms with van der Waals surface area (Å²) in [5.41, 5.74) is 12.4. The fourth-order valence-corrected chi connectivity index (χ4v) is 4.87. The zero-order valence-electron chi connectivity index (χ0n) is 22.7. The van der Waals surface area contributed by atoms with E-state index in [0.717, 1.165) is 46.3 Å². The van der Waals surface area contributed by atoms with E-state index in [-0.39, 0.29) is 0 Å². The number of nitrogens with zero attached hydrogens (tertiary/aromatic N) is 2. The van der Waals surface area contributed by atoms with Crippen LogP contribution in [0.25, 0.3) is 11.1 Å². The Hall–Kier alpha value is -4.48. The second-order valence-corrected chi connectivity index (χ2v) is 9.49. The molecule has 0 aliphatic carbocycles. The van der Waals surface area contributed by atoms with Gasteiger partial charge in [-0.1, -0.05) is 111 Å². The number of carbonyl (C=O) groups excluding carboxylic acids is 1. The van der Waals surface area contributed by atoms with E-state index in [1.807, 2.05) is 78.7 Å². The number of hydrogen-bond donors (Lipinski definition) is 2. The van der Waals surface area contributed by atoms with Crippen molar-refractivity contribution in [1.29, 1.82) is 0 Å². The quantitative estimate of drug-likeness (QED) is 0.267. The summed E-state index contributed by atoms with van der Waals surface area (Å²) < 4.78 is 0. The highest BCUT2D eigenvalue weighted by atomic mass is 16.1. The number of rotatable bonds is 8. The lowest BCUT2D eigenvalue weighted by Crippen LogP contribution is -2.34. The van der Waals surface area contributed by atoms with E-state index in [4.69, 9.17) is 10.7 Å². The van der Waals surface area contributed by atoms with Crippen LogP contribution in [0.3, 0.4) is 0 Å². The van der Waals surface area contributed by atoms with E-state index < -0.39 is 5.54 Å². The standard InChI is InChI=1S/C30H25N3O.C4H11N/c1-22-30(27-14-4-2-5-15-27,28-16-6-3-7-17-28)32-29(31)33(22)20-23-10-8-12-25(18-23)26-13-9-11-24(19-26)21-34;1-3-4-5-2/h2-19,21H,1,20H2,(H2,31,32);5H,3-4H2,1-2H3. The lowest BCUT2D eigenvalue weighted by atomic mass is 9.81. The van der Waals surface area contributed by atoms with Gasteiger partial charge >= 0.3 is 0 Å². The first kappa shape index (κ1) is 27.6. The third-order valence-corrected chi connectivity index (χ3v) is 6.81. The number of aliphatic imine (C=N–C) groups is 1. The molecule has 0 saturated carbocycles. The smallest absolute Gasteiger partial charge is 0.197 e. The Labute approximate surface area is 231 Å². The Balaban J connectivity index is 0.000000648. The molecule has 5 heteroatoms. The molecule has 0 unspecified atom stereocenters. The minimum absolute atomic E-state index is 0.436. The van der Waals surface area contributed by atoms with Crippen LogP contribution < -0.4 is 11.1 Å². The molecule has 4 aromatic rings. The van der Waals surface area contributed by atoms with Gasteiger partial charge in [0.1, 0.15) is 6.29 Å². The van der Waals surface area contributed by atoms with Crippen molar-refractivity contribution in [2.75, 3.05) is 13.6 Å². The number of hydrogen-bond acceptors (Lipinski definition) is 5. The maximum Gasteiger partial charge on any atom is 0.197 e. The van der Waals surface area contributed by atoms with Crippen molar-refractivity contribution in [1.82, 2.24) is 10.2 Å². The lowest BCUT2D eigenvalue weighted by molar-refractivity contribution is 0.112. The van der Waals surface area contributed by atoms with Gasteiger partial charge in [0.25, 0.3) is 0 Å². The first-order valence-electron chi connectivity index (χ1n) is 13.3. The second kappa shape index (κ2) is 12.9. The van der Waals surface area contributed by atoms with Crippen LogP contribution in [0.2, 0.25) is 0 Å². The number of benzene rings is 4. The number of guanidine groups is 1. The molecular weight excluding hydrogens is 480 g/mol. The van der Waals surface area contributed by atoms with Gasteiger partial charge < -0.3 is 16.0 Å². The molecule has 5 nitrogen and oxygen atoms in total. The zero-order chi connectivity index (χ0) is 27.7. The first-order valence-corrected chi connectivity index (χ1v) is 13.3. The van der Waals surface area contributed by atoms with Gasteiger partial charge in [0, 0.05) is 5.56 Å². The van der Waals surface area contributed by atoms with Gasteiger partial charge in [-0.05, 0) is 60.0 Å². The van der Waals surface area contributed by atoms with Crippen molar-refractivity contribution in [3.63, 3.8) is 0 Å². The highest BCUT2D eigenvalue weighted by Gasteiger charge is 2.45. The van der Waals surface area contributed by atoms with Gasteiger partial charge in [-0.25, -0.2) is 4.99 Å². The number of nitrogens with two attached hydrogens (primary N) is 1. The third kappa shape index (κ3) is 6.00. The predicted octanol–water partition coefficient (Wildman–Crippen LogP) is 6.37. The molecule has 1 aliphatic heterocycles. The van der Waals surface area contributed by atoms with Gasteiger partial charge in [0.15, 0.2) is 11.5 Å². The van der Waals surface area contributed by atoms with E-state index >= 15 is 0 Å². The number of nitrogens with one attached hydrogen (secondary N) is 1. The van der Waals surface area contributed by atoms with Crippen LogP contribution >= 0.6 is 0 Å². The van der Waals surface area contributed by atoms with Crippen molar-refractivity contribution in [2.45, 2.75) is 25.4 Å². The van der Waals surface area contributed by atoms with Crippen molar-refractivity contribution < 1.29 is 4.79 Å². The SMILES string of the molecule is C=C1N(Cc2cccc(-c3cccc(C=O)c3)c2)C(N)=NC1(c1ccccc1)c1ccccc1.CCCNC. The van der Waals surface area contributed by atoms with E-state index in [0.29, 0.717) is 18.1 Å². The minimum Gasteiger partial charge on any atom is -0.369 e. The zero-order valence-corrected chi connectivity index (χ0v) is 22.7. The first-order chi connectivity index (χ1) is 19.0. The van der Waals surface area contributed by atoms with Crippen molar-refractivity contribution in [3.8, 4) is 11.1 Å². The Morgan fingerprint density at radius 1 is 0.872 bits per heavy atom. The molecule has 5 rings (SSSR count). The molecule has 0 saturated heterocycles. The predicted molar refractivity (Wildman–Crippen MR) is 161 cm³/mol. The largest absolute Gasteiger partial charge is 0.369 e. The normalized spacial score (nSPS) is 13.8. The summed E-state index contributed by atoms with van der Waals surface area (Å²) in [4.78, 5) is 18.2. The molecule has 0 amide bonds. The topological polar surface area (TPSA) is 70.7 Å². The van der Waals surface area contributed by atoms with Gasteiger partial charge in [-0.3, -0.25) is 4.79 Å². The molecular formula is C34H36N4O. The van der Waals surface area contributed by atoms with E-state index in [1.165, 1.54) is 6.42 Å². The number of carbonyl (C=O) groups is 1. The summed E-state index contributed by atoms with van der Waals surface area (Å²) in [5.74, 6) is 0.436. The molecule has 0 aromatic heterocycles. The van der Waals surface area contributed by atoms with Crippen molar-refractivity contribution >= 4 is 12.2 Å². The molecule has 1 heterocycles. The highest BCUT2D eigenvalue weighted by molar-refractivity contribution is 5.85. The van der Waals surface area contributed by atoms with Gasteiger partial charge in [0.2, 0.25) is 0 Å². The molecule has 0 fully saturated rings. The molecule has 0 spiro atoms. The monoisotopic (exact) mass is 516 g/mol. The van der Waals surface area contributed by atoms with Crippen molar-refractivity contribution in [2.24, 2.45) is 10.7 Å². The highest BCUT2D eigenvalue weighted by Crippen LogP contribution is 2.45. The van der Waals surface area contributed by atoms with E-state index in [9.17, 15) is 4.79 Å². The summed E-state index contributed by atoms with van der Waals surface area (Å²) in [6.45, 7) is 8.31. The van der Waals surface area contributed by atoms with Crippen LogP contribution in [0.1, 0.15) is 40.4 Å². The van der Waals surface area contributed by atoms with E-state index in [2.05, 4.69) is 55.2 Å². The fraction of sp³-hybridized carbons (Fsp3) is 0.176. The minimum atomic E-state index is -0.775. The fourth-order valence-electron chi connectivity index (χ4n) is 4.87. The summed E-state index contributed by atoms with van der Waals surface area (Å²) in [6, 6.07) is 36.2. The molecule has 0 atom stereocenters. The van der Waals surface area contributed by atoms with Gasteiger partial charge in [-0.15, -0.1) is 0 Å². The van der Waals surface area contributed by atoms with Gasteiger partial charge in [-0.2, -0.15) is 0 Å². The summed E-state index contributed by atoms with van der Waals surface area (Å²) in [6.07, 6.45) is 2.10. The molecule has 0 bridgehead atoms. The maximum atomic E-state index is 11.2. The summed E-state index contributed by atoms with van der Waals surface area (Å²) in [5, 5.41) is 3.02. The van der Waals surface area contributed by atoms with Crippen LogP contribution in [-0.4, -0.2) is 30.7 Å². The second-order valence-electron chi connectivity index (χ2n) is 9.49. The Kier molecular flexibility index (Phi) is 9.08. The number of aldehydes is 1. The average Bonchev–Trinajstić information content (AvgIpc) is 3.24. The van der Waals surface area contributed by atoms with E-state index in [1.54, 1.807) is 6.07 Å². The molecule has 3 N–H and O–H groups in total. The third-order valence-electron chi connectivity index (χ3n) is 6.81. The van der Waals surface area contributed by atoms with Gasteiger partial charge in [0.05, 0.1) is 12.2 Å². The molecule has 39 heavy (non-hydrogen) atoms. The lowest BCUT2D eigenvalue weighted by Gasteiger charge is -2.31. The van der Waals surface area contributed by atoms with Crippen LogP contribution in [0.5, 0.6) is 0 Å². The summed E-state index contributed by atoms with van der Waals surface area (Å²) in [7, 11) is 1.96. The van der Waals surface area contributed by atoms with Crippen LogP contribution in [0.4, 0.5) is 0 Å².